The first-order chi connectivity index (χ1) is 12.3. The first kappa shape index (κ1) is 19.1. The van der Waals surface area contributed by atoms with E-state index >= 15 is 0 Å². The number of hydrogen-bond donors (Lipinski definition) is 1. The number of nitrogens with zero attached hydrogens (tertiary/aromatic N) is 2. The van der Waals surface area contributed by atoms with Crippen LogP contribution < -0.4 is 10.5 Å². The predicted octanol–water partition coefficient (Wildman–Crippen LogP) is 1.92. The second kappa shape index (κ2) is 7.54. The van der Waals surface area contributed by atoms with Crippen molar-refractivity contribution in [3.8, 4) is 0 Å². The molecule has 7 nitrogen and oxygen atoms in total. The van der Waals surface area contributed by atoms with Gasteiger partial charge in [-0.2, -0.15) is 0 Å². The van der Waals surface area contributed by atoms with E-state index in [1.807, 2.05) is 0 Å². The van der Waals surface area contributed by atoms with E-state index in [1.165, 1.54) is 36.0 Å². The summed E-state index contributed by atoms with van der Waals surface area (Å²) in [5, 5.41) is 0. The molecule has 144 valence electrons. The third kappa shape index (κ3) is 3.87. The number of benzene rings is 1. The summed E-state index contributed by atoms with van der Waals surface area (Å²) in [5.41, 5.74) is 0.846. The van der Waals surface area contributed by atoms with Gasteiger partial charge < -0.3 is 4.42 Å². The minimum Gasteiger partial charge on any atom is -0.408 e. The van der Waals surface area contributed by atoms with Crippen LogP contribution in [0, 0.1) is 5.92 Å². The molecule has 0 aliphatic carbocycles. The molecular formula is C18H27N3O4S. The second-order valence-electron chi connectivity index (χ2n) is 7.32. The standard InChI is InChI=1S/C18H27N3O4S/c1-13(2)16(21-9-5-4-6-10-21)12-19-26(23,24)14-7-8-15-17(11-14)25-18(22)20(15)3/h7-8,11,13,16,19H,4-6,9-10,12H2,1-3H3. The third-order valence-electron chi connectivity index (χ3n) is 5.19. The second-order valence-corrected chi connectivity index (χ2v) is 9.08. The van der Waals surface area contributed by atoms with Crippen LogP contribution in [-0.4, -0.2) is 43.6 Å². The van der Waals surface area contributed by atoms with E-state index in [0.717, 1.165) is 13.1 Å². The SMILES string of the molecule is CC(C)C(CNS(=O)(=O)c1ccc2c(c1)oc(=O)n2C)N1CCCCC1. The summed E-state index contributed by atoms with van der Waals surface area (Å²) in [7, 11) is -2.08. The molecule has 0 spiro atoms. The van der Waals surface area contributed by atoms with Gasteiger partial charge in [-0.05, 0) is 44.0 Å². The number of piperidine rings is 1. The fourth-order valence-electron chi connectivity index (χ4n) is 3.60. The predicted molar refractivity (Wildman–Crippen MR) is 101 cm³/mol. The van der Waals surface area contributed by atoms with Crippen LogP contribution in [0.2, 0.25) is 0 Å². The third-order valence-corrected chi connectivity index (χ3v) is 6.61. The number of fused-ring (bicyclic) bond motifs is 1. The number of sulfonamides is 1. The molecule has 26 heavy (non-hydrogen) atoms. The summed E-state index contributed by atoms with van der Waals surface area (Å²) in [5.74, 6) is -0.155. The van der Waals surface area contributed by atoms with Gasteiger partial charge in [-0.3, -0.25) is 9.47 Å². The summed E-state index contributed by atoms with van der Waals surface area (Å²) in [6, 6.07) is 4.68. The van der Waals surface area contributed by atoms with Crippen molar-refractivity contribution in [3.63, 3.8) is 0 Å². The number of likely N-dealkylation sites (tertiary alicyclic amines) is 1. The molecule has 1 aromatic carbocycles. The van der Waals surface area contributed by atoms with E-state index in [0.29, 0.717) is 18.0 Å². The average molecular weight is 381 g/mol. The number of hydrogen-bond acceptors (Lipinski definition) is 5. The van der Waals surface area contributed by atoms with Crippen LogP contribution in [0.5, 0.6) is 0 Å². The molecule has 1 saturated heterocycles. The zero-order valence-electron chi connectivity index (χ0n) is 15.6. The molecule has 0 radical (unpaired) electrons. The molecule has 3 rings (SSSR count). The van der Waals surface area contributed by atoms with Crippen molar-refractivity contribution in [2.45, 2.75) is 44.0 Å². The van der Waals surface area contributed by atoms with Crippen molar-refractivity contribution in [2.24, 2.45) is 13.0 Å². The van der Waals surface area contributed by atoms with Crippen molar-refractivity contribution in [2.75, 3.05) is 19.6 Å². The molecule has 1 aliphatic rings. The summed E-state index contributed by atoms with van der Waals surface area (Å²) in [4.78, 5) is 14.1. The Kier molecular flexibility index (Phi) is 5.55. The van der Waals surface area contributed by atoms with E-state index < -0.39 is 15.8 Å². The molecule has 0 amide bonds. The Morgan fingerprint density at radius 3 is 2.54 bits per heavy atom. The number of aryl methyl sites for hydroxylation is 1. The number of rotatable bonds is 6. The number of nitrogens with one attached hydrogen (secondary N) is 1. The smallest absolute Gasteiger partial charge is 0.408 e. The van der Waals surface area contributed by atoms with Crippen LogP contribution in [0.25, 0.3) is 11.1 Å². The van der Waals surface area contributed by atoms with Gasteiger partial charge in [0.2, 0.25) is 10.0 Å². The fourth-order valence-corrected chi connectivity index (χ4v) is 4.66. The Morgan fingerprint density at radius 1 is 1.19 bits per heavy atom. The first-order valence-electron chi connectivity index (χ1n) is 9.13. The molecule has 1 fully saturated rings. The van der Waals surface area contributed by atoms with Gasteiger partial charge in [0.25, 0.3) is 0 Å². The normalized spacial score (nSPS) is 17.8. The van der Waals surface area contributed by atoms with Crippen molar-refractivity contribution in [1.29, 1.82) is 0 Å². The quantitative estimate of drug-likeness (QED) is 0.826. The molecule has 2 heterocycles. The summed E-state index contributed by atoms with van der Waals surface area (Å²) >= 11 is 0. The highest BCUT2D eigenvalue weighted by molar-refractivity contribution is 7.89. The van der Waals surface area contributed by atoms with E-state index in [-0.39, 0.29) is 16.5 Å². The Hall–Kier alpha value is -1.64. The van der Waals surface area contributed by atoms with Crippen molar-refractivity contribution < 1.29 is 12.8 Å². The summed E-state index contributed by atoms with van der Waals surface area (Å²) < 4.78 is 34.6. The molecule has 1 aromatic heterocycles. The Morgan fingerprint density at radius 2 is 1.88 bits per heavy atom. The van der Waals surface area contributed by atoms with Gasteiger partial charge in [0.15, 0.2) is 5.58 Å². The lowest BCUT2D eigenvalue weighted by molar-refractivity contribution is 0.130. The topological polar surface area (TPSA) is 84.5 Å². The van der Waals surface area contributed by atoms with Gasteiger partial charge in [-0.25, -0.2) is 17.9 Å². The van der Waals surface area contributed by atoms with Gasteiger partial charge in [0, 0.05) is 25.7 Å². The molecule has 0 bridgehead atoms. The Labute approximate surface area is 154 Å². The lowest BCUT2D eigenvalue weighted by atomic mass is 9.99. The largest absolute Gasteiger partial charge is 0.419 e. The first-order valence-corrected chi connectivity index (χ1v) is 10.6. The van der Waals surface area contributed by atoms with Crippen LogP contribution in [0.3, 0.4) is 0 Å². The highest BCUT2D eigenvalue weighted by Gasteiger charge is 2.26. The lowest BCUT2D eigenvalue weighted by Gasteiger charge is -2.37. The molecule has 0 saturated carbocycles. The maximum atomic E-state index is 12.7. The van der Waals surface area contributed by atoms with Gasteiger partial charge in [0.1, 0.15) is 0 Å². The maximum absolute atomic E-state index is 12.7. The fraction of sp³-hybridized carbons (Fsp3) is 0.611. The van der Waals surface area contributed by atoms with Crippen molar-refractivity contribution in [3.05, 3.63) is 28.7 Å². The van der Waals surface area contributed by atoms with Gasteiger partial charge in [-0.15, -0.1) is 0 Å². The van der Waals surface area contributed by atoms with E-state index in [1.54, 1.807) is 13.1 Å². The van der Waals surface area contributed by atoms with E-state index in [9.17, 15) is 13.2 Å². The molecule has 8 heteroatoms. The summed E-state index contributed by atoms with van der Waals surface area (Å²) in [6.07, 6.45) is 3.58. The molecule has 2 aromatic rings. The Bertz CT molecular complexity index is 924. The van der Waals surface area contributed by atoms with Gasteiger partial charge in [-0.1, -0.05) is 20.3 Å². The molecule has 1 unspecified atom stereocenters. The zero-order valence-corrected chi connectivity index (χ0v) is 16.4. The van der Waals surface area contributed by atoms with Crippen LogP contribution in [-0.2, 0) is 17.1 Å². The molecule has 1 aliphatic heterocycles. The molecule has 1 N–H and O–H groups in total. The minimum absolute atomic E-state index is 0.112. The van der Waals surface area contributed by atoms with Crippen LogP contribution in [0.1, 0.15) is 33.1 Å². The Balaban J connectivity index is 1.78. The average Bonchev–Trinajstić information content (AvgIpc) is 2.89. The van der Waals surface area contributed by atoms with Crippen molar-refractivity contribution in [1.82, 2.24) is 14.2 Å². The van der Waals surface area contributed by atoms with Crippen LogP contribution in [0.15, 0.2) is 32.3 Å². The summed E-state index contributed by atoms with van der Waals surface area (Å²) in [6.45, 7) is 6.66. The number of aromatic nitrogens is 1. The lowest BCUT2D eigenvalue weighted by Crippen LogP contribution is -2.48. The monoisotopic (exact) mass is 381 g/mol. The van der Waals surface area contributed by atoms with E-state index in [2.05, 4.69) is 23.5 Å². The van der Waals surface area contributed by atoms with Crippen LogP contribution in [0.4, 0.5) is 0 Å². The zero-order chi connectivity index (χ0) is 18.9. The molecular weight excluding hydrogens is 354 g/mol. The van der Waals surface area contributed by atoms with Gasteiger partial charge >= 0.3 is 5.76 Å². The van der Waals surface area contributed by atoms with Crippen LogP contribution >= 0.6 is 0 Å². The maximum Gasteiger partial charge on any atom is 0.419 e. The van der Waals surface area contributed by atoms with E-state index in [4.69, 9.17) is 4.42 Å². The molecule has 1 atom stereocenters. The number of oxazole rings is 1. The highest BCUT2D eigenvalue weighted by Crippen LogP contribution is 2.20. The highest BCUT2D eigenvalue weighted by atomic mass is 32.2. The van der Waals surface area contributed by atoms with Gasteiger partial charge in [0.05, 0.1) is 10.4 Å². The minimum atomic E-state index is -3.67. The van der Waals surface area contributed by atoms with Crippen molar-refractivity contribution >= 4 is 21.1 Å².